The van der Waals surface area contributed by atoms with Crippen LogP contribution in [0.5, 0.6) is 0 Å². The Morgan fingerprint density at radius 1 is 1.46 bits per heavy atom. The highest BCUT2D eigenvalue weighted by Gasteiger charge is 2.40. The van der Waals surface area contributed by atoms with Crippen molar-refractivity contribution in [3.05, 3.63) is 0 Å². The Morgan fingerprint density at radius 3 is 2.31 bits per heavy atom. The second-order valence-electron chi connectivity index (χ2n) is 3.61. The van der Waals surface area contributed by atoms with Crippen LogP contribution in [-0.2, 0) is 9.59 Å². The second-order valence-corrected chi connectivity index (χ2v) is 3.61. The Balaban J connectivity index is 2.45. The maximum Gasteiger partial charge on any atom is 0.240 e. The molecule has 13 heavy (non-hydrogen) atoms. The first-order valence-corrected chi connectivity index (χ1v) is 4.35. The Labute approximate surface area is 76.8 Å². The van der Waals surface area contributed by atoms with Gasteiger partial charge in [0, 0.05) is 0 Å². The van der Waals surface area contributed by atoms with Gasteiger partial charge in [-0.3, -0.25) is 9.59 Å². The molecule has 5 nitrogen and oxygen atoms in total. The van der Waals surface area contributed by atoms with Crippen LogP contribution in [0.4, 0.5) is 0 Å². The molecule has 1 rings (SSSR count). The first-order valence-electron chi connectivity index (χ1n) is 4.35. The first kappa shape index (κ1) is 9.98. The van der Waals surface area contributed by atoms with Gasteiger partial charge >= 0.3 is 0 Å². The number of rotatable bonds is 3. The lowest BCUT2D eigenvalue weighted by molar-refractivity contribution is -0.132. The molecule has 0 aliphatic heterocycles. The molecule has 1 atom stereocenters. The van der Waals surface area contributed by atoms with E-state index >= 15 is 0 Å². The van der Waals surface area contributed by atoms with Crippen LogP contribution in [0.3, 0.4) is 0 Å². The molecule has 0 unspecified atom stereocenters. The van der Waals surface area contributed by atoms with E-state index in [9.17, 15) is 9.59 Å². The lowest BCUT2D eigenvalue weighted by Crippen LogP contribution is -2.61. The number of carbonyl (C=O) groups is 2. The van der Waals surface area contributed by atoms with Crippen LogP contribution in [-0.4, -0.2) is 23.4 Å². The van der Waals surface area contributed by atoms with Crippen molar-refractivity contribution in [3.8, 4) is 0 Å². The minimum atomic E-state index is -0.760. The SMILES string of the molecule is C[C@H](NC(=O)C1(N)CCC1)C(N)=O. The van der Waals surface area contributed by atoms with E-state index in [1.807, 2.05) is 0 Å². The van der Waals surface area contributed by atoms with Crippen molar-refractivity contribution >= 4 is 11.8 Å². The maximum atomic E-state index is 11.4. The Kier molecular flexibility index (Phi) is 2.56. The number of carbonyl (C=O) groups excluding carboxylic acids is 2. The van der Waals surface area contributed by atoms with Crippen LogP contribution >= 0.6 is 0 Å². The number of nitrogens with one attached hydrogen (secondary N) is 1. The minimum absolute atomic E-state index is 0.273. The second kappa shape index (κ2) is 3.33. The molecule has 0 aromatic carbocycles. The summed E-state index contributed by atoms with van der Waals surface area (Å²) in [6, 6.07) is -0.645. The average molecular weight is 185 g/mol. The fourth-order valence-corrected chi connectivity index (χ4v) is 1.20. The summed E-state index contributed by atoms with van der Waals surface area (Å²) in [7, 11) is 0. The molecule has 1 aliphatic rings. The molecular weight excluding hydrogens is 170 g/mol. The van der Waals surface area contributed by atoms with Crippen molar-refractivity contribution in [2.45, 2.75) is 37.8 Å². The number of hydrogen-bond donors (Lipinski definition) is 3. The fourth-order valence-electron chi connectivity index (χ4n) is 1.20. The third-order valence-electron chi connectivity index (χ3n) is 2.47. The summed E-state index contributed by atoms with van der Waals surface area (Å²) in [6.07, 6.45) is 2.34. The zero-order valence-electron chi connectivity index (χ0n) is 7.67. The molecule has 1 aliphatic carbocycles. The molecule has 1 saturated carbocycles. The fraction of sp³-hybridized carbons (Fsp3) is 0.750. The van der Waals surface area contributed by atoms with Crippen molar-refractivity contribution in [1.29, 1.82) is 0 Å². The van der Waals surface area contributed by atoms with Gasteiger partial charge in [0.2, 0.25) is 11.8 Å². The zero-order valence-corrected chi connectivity index (χ0v) is 7.67. The van der Waals surface area contributed by atoms with Gasteiger partial charge in [-0.1, -0.05) is 0 Å². The highest BCUT2D eigenvalue weighted by molar-refractivity contribution is 5.91. The van der Waals surface area contributed by atoms with Gasteiger partial charge in [-0.15, -0.1) is 0 Å². The highest BCUT2D eigenvalue weighted by Crippen LogP contribution is 2.29. The molecule has 74 valence electrons. The Hall–Kier alpha value is -1.10. The summed E-state index contributed by atoms with van der Waals surface area (Å²) in [4.78, 5) is 22.1. The van der Waals surface area contributed by atoms with Crippen molar-refractivity contribution in [2.75, 3.05) is 0 Å². The number of hydrogen-bond acceptors (Lipinski definition) is 3. The van der Waals surface area contributed by atoms with Gasteiger partial charge in [-0.2, -0.15) is 0 Å². The summed E-state index contributed by atoms with van der Waals surface area (Å²) in [5.74, 6) is -0.818. The zero-order chi connectivity index (χ0) is 10.1. The highest BCUT2D eigenvalue weighted by atomic mass is 16.2. The first-order chi connectivity index (χ1) is 5.96. The topological polar surface area (TPSA) is 98.2 Å². The molecule has 5 N–H and O–H groups in total. The largest absolute Gasteiger partial charge is 0.368 e. The molecule has 2 amide bonds. The molecular formula is C8H15N3O2. The van der Waals surface area contributed by atoms with E-state index < -0.39 is 17.5 Å². The summed E-state index contributed by atoms with van der Waals surface area (Å²) in [5.41, 5.74) is 9.96. The molecule has 0 saturated heterocycles. The third-order valence-corrected chi connectivity index (χ3v) is 2.47. The molecule has 0 spiro atoms. The lowest BCUT2D eigenvalue weighted by atomic mass is 9.77. The van der Waals surface area contributed by atoms with Crippen LogP contribution in [0.1, 0.15) is 26.2 Å². The monoisotopic (exact) mass is 185 g/mol. The summed E-state index contributed by atoms with van der Waals surface area (Å²) in [6.45, 7) is 1.54. The smallest absolute Gasteiger partial charge is 0.240 e. The quantitative estimate of drug-likeness (QED) is 0.518. The van der Waals surface area contributed by atoms with Crippen LogP contribution in [0.25, 0.3) is 0 Å². The van der Waals surface area contributed by atoms with E-state index in [0.29, 0.717) is 12.8 Å². The van der Waals surface area contributed by atoms with Gasteiger partial charge in [0.05, 0.1) is 5.54 Å². The van der Waals surface area contributed by atoms with Gasteiger partial charge in [-0.25, -0.2) is 0 Å². The molecule has 0 heterocycles. The summed E-state index contributed by atoms with van der Waals surface area (Å²) in [5, 5.41) is 2.48. The maximum absolute atomic E-state index is 11.4. The predicted octanol–water partition coefficient (Wildman–Crippen LogP) is -1.14. The normalized spacial score (nSPS) is 21.4. The summed E-state index contributed by atoms with van der Waals surface area (Å²) < 4.78 is 0. The molecule has 1 fully saturated rings. The van der Waals surface area contributed by atoms with E-state index in [4.69, 9.17) is 11.5 Å². The Morgan fingerprint density at radius 2 is 2.00 bits per heavy atom. The average Bonchev–Trinajstić information content (AvgIpc) is 1.99. The van der Waals surface area contributed by atoms with Crippen LogP contribution < -0.4 is 16.8 Å². The van der Waals surface area contributed by atoms with Crippen molar-refractivity contribution in [2.24, 2.45) is 11.5 Å². The van der Waals surface area contributed by atoms with Crippen LogP contribution in [0, 0.1) is 0 Å². The standard InChI is InChI=1S/C8H15N3O2/c1-5(6(9)12)11-7(13)8(10)3-2-4-8/h5H,2-4,10H2,1H3,(H2,9,12)(H,11,13)/t5-/m0/s1. The van der Waals surface area contributed by atoms with Gasteiger partial charge in [0.25, 0.3) is 0 Å². The lowest BCUT2D eigenvalue weighted by Gasteiger charge is -2.36. The molecule has 0 aromatic heterocycles. The van der Waals surface area contributed by atoms with Gasteiger partial charge < -0.3 is 16.8 Å². The van der Waals surface area contributed by atoms with Crippen molar-refractivity contribution in [1.82, 2.24) is 5.32 Å². The van der Waals surface area contributed by atoms with E-state index in [0.717, 1.165) is 6.42 Å². The molecule has 0 radical (unpaired) electrons. The molecule has 5 heteroatoms. The molecule has 0 aromatic rings. The van der Waals surface area contributed by atoms with E-state index in [-0.39, 0.29) is 5.91 Å². The van der Waals surface area contributed by atoms with Crippen molar-refractivity contribution in [3.63, 3.8) is 0 Å². The minimum Gasteiger partial charge on any atom is -0.368 e. The number of nitrogens with two attached hydrogens (primary N) is 2. The van der Waals surface area contributed by atoms with Crippen LogP contribution in [0.2, 0.25) is 0 Å². The van der Waals surface area contributed by atoms with E-state index in [1.54, 1.807) is 6.92 Å². The third kappa shape index (κ3) is 1.98. The predicted molar refractivity (Wildman–Crippen MR) is 47.6 cm³/mol. The number of primary amides is 1. The number of amides is 2. The van der Waals surface area contributed by atoms with Gasteiger partial charge in [-0.05, 0) is 26.2 Å². The Bertz CT molecular complexity index is 236. The van der Waals surface area contributed by atoms with E-state index in [1.165, 1.54) is 0 Å². The van der Waals surface area contributed by atoms with Crippen molar-refractivity contribution < 1.29 is 9.59 Å². The van der Waals surface area contributed by atoms with Crippen LogP contribution in [0.15, 0.2) is 0 Å². The van der Waals surface area contributed by atoms with Gasteiger partial charge in [0.15, 0.2) is 0 Å². The van der Waals surface area contributed by atoms with E-state index in [2.05, 4.69) is 5.32 Å². The van der Waals surface area contributed by atoms with Gasteiger partial charge in [0.1, 0.15) is 6.04 Å². The summed E-state index contributed by atoms with van der Waals surface area (Å²) >= 11 is 0. The molecule has 0 bridgehead atoms.